The third-order valence-corrected chi connectivity index (χ3v) is 6.03. The predicted octanol–water partition coefficient (Wildman–Crippen LogP) is 2.93. The molecule has 2 atom stereocenters. The molecule has 0 unspecified atom stereocenters. The van der Waals surface area contributed by atoms with Gasteiger partial charge in [-0.05, 0) is 36.6 Å². The smallest absolute Gasteiger partial charge is 0.251 e. The Kier molecular flexibility index (Phi) is 4.64. The van der Waals surface area contributed by atoms with Crippen molar-refractivity contribution in [2.45, 2.75) is 25.4 Å². The molecule has 0 aromatic carbocycles. The highest BCUT2D eigenvalue weighted by Gasteiger charge is 2.35. The SMILES string of the molecule is COc1ncccc1CN1C[C@@H]2C[C@H](C1)c1cc(-c3ccccn3)cc(=O)n1C2. The van der Waals surface area contributed by atoms with Gasteiger partial charge in [-0.2, -0.15) is 0 Å². The molecule has 29 heavy (non-hydrogen) atoms. The Labute approximate surface area is 169 Å². The first-order valence-electron chi connectivity index (χ1n) is 10.1. The minimum atomic E-state index is 0.0835. The van der Waals surface area contributed by atoms with E-state index in [1.165, 1.54) is 0 Å². The lowest BCUT2D eigenvalue weighted by Crippen LogP contribution is -2.46. The molecule has 5 rings (SSSR count). The van der Waals surface area contributed by atoms with Crippen molar-refractivity contribution < 1.29 is 4.74 Å². The number of rotatable bonds is 4. The topological polar surface area (TPSA) is 60.2 Å². The normalized spacial score (nSPS) is 20.9. The van der Waals surface area contributed by atoms with Crippen LogP contribution in [0, 0.1) is 5.92 Å². The van der Waals surface area contributed by atoms with Gasteiger partial charge in [0.1, 0.15) is 0 Å². The van der Waals surface area contributed by atoms with E-state index in [0.717, 1.165) is 55.1 Å². The van der Waals surface area contributed by atoms with Crippen LogP contribution in [0.15, 0.2) is 59.7 Å². The standard InChI is InChI=1S/C23H24N4O2/c1-29-23-17(5-4-8-25-23)14-26-12-16-9-19(15-26)21-10-18(11-22(28)27(21)13-16)20-6-2-3-7-24-20/h2-8,10-11,16,19H,9,12-15H2,1H3/t16-,19+/m0/s1. The zero-order valence-electron chi connectivity index (χ0n) is 16.5. The van der Waals surface area contributed by atoms with Gasteiger partial charge in [-0.1, -0.05) is 12.1 Å². The van der Waals surface area contributed by atoms with Crippen LogP contribution in [0.25, 0.3) is 11.3 Å². The number of nitrogens with zero attached hydrogens (tertiary/aromatic N) is 4. The first-order chi connectivity index (χ1) is 14.2. The summed E-state index contributed by atoms with van der Waals surface area (Å²) in [5.41, 5.74) is 4.08. The van der Waals surface area contributed by atoms with Gasteiger partial charge in [0.05, 0.1) is 12.8 Å². The molecule has 3 aromatic rings. The lowest BCUT2D eigenvalue weighted by Gasteiger charge is -2.43. The summed E-state index contributed by atoms with van der Waals surface area (Å²) in [6, 6.07) is 13.7. The Morgan fingerprint density at radius 3 is 2.79 bits per heavy atom. The molecule has 2 bridgehead atoms. The molecule has 0 amide bonds. The van der Waals surface area contributed by atoms with Crippen molar-refractivity contribution in [1.29, 1.82) is 0 Å². The number of pyridine rings is 3. The van der Waals surface area contributed by atoms with E-state index < -0.39 is 0 Å². The lowest BCUT2D eigenvalue weighted by molar-refractivity contribution is 0.113. The summed E-state index contributed by atoms with van der Waals surface area (Å²) >= 11 is 0. The van der Waals surface area contributed by atoms with Gasteiger partial charge in [0, 0.05) is 67.4 Å². The second kappa shape index (κ2) is 7.44. The van der Waals surface area contributed by atoms with Crippen LogP contribution in [-0.4, -0.2) is 39.6 Å². The minimum absolute atomic E-state index is 0.0835. The third kappa shape index (κ3) is 3.44. The number of likely N-dealkylation sites (tertiary alicyclic amines) is 1. The van der Waals surface area contributed by atoms with Crippen molar-refractivity contribution in [2.24, 2.45) is 5.92 Å². The average Bonchev–Trinajstić information content (AvgIpc) is 2.75. The van der Waals surface area contributed by atoms with Crippen LogP contribution < -0.4 is 10.3 Å². The van der Waals surface area contributed by atoms with Crippen molar-refractivity contribution >= 4 is 0 Å². The Hall–Kier alpha value is -2.99. The lowest BCUT2D eigenvalue weighted by atomic mass is 9.82. The Morgan fingerprint density at radius 2 is 1.97 bits per heavy atom. The molecular formula is C23H24N4O2. The molecule has 0 radical (unpaired) electrons. The van der Waals surface area contributed by atoms with Gasteiger partial charge in [-0.15, -0.1) is 0 Å². The predicted molar refractivity (Wildman–Crippen MR) is 111 cm³/mol. The fourth-order valence-electron chi connectivity index (χ4n) is 4.84. The van der Waals surface area contributed by atoms with Crippen molar-refractivity contribution in [3.63, 3.8) is 0 Å². The minimum Gasteiger partial charge on any atom is -0.481 e. The number of aromatic nitrogens is 3. The van der Waals surface area contributed by atoms with Gasteiger partial charge in [0.2, 0.25) is 5.88 Å². The highest BCUT2D eigenvalue weighted by Crippen LogP contribution is 2.37. The van der Waals surface area contributed by atoms with Gasteiger partial charge in [-0.25, -0.2) is 4.98 Å². The summed E-state index contributed by atoms with van der Waals surface area (Å²) in [4.78, 5) is 24.1. The zero-order chi connectivity index (χ0) is 19.8. The van der Waals surface area contributed by atoms with Gasteiger partial charge < -0.3 is 9.30 Å². The first-order valence-corrected chi connectivity index (χ1v) is 10.1. The fraction of sp³-hybridized carbons (Fsp3) is 0.348. The second-order valence-corrected chi connectivity index (χ2v) is 8.00. The largest absolute Gasteiger partial charge is 0.481 e. The molecule has 2 aliphatic heterocycles. The summed E-state index contributed by atoms with van der Waals surface area (Å²) in [6.07, 6.45) is 4.66. The summed E-state index contributed by atoms with van der Waals surface area (Å²) < 4.78 is 7.41. The van der Waals surface area contributed by atoms with E-state index >= 15 is 0 Å². The van der Waals surface area contributed by atoms with Crippen LogP contribution >= 0.6 is 0 Å². The Bertz CT molecular complexity index is 1080. The number of methoxy groups -OCH3 is 1. The summed E-state index contributed by atoms with van der Waals surface area (Å²) in [5.74, 6) is 1.53. The molecular weight excluding hydrogens is 364 g/mol. The molecule has 0 N–H and O–H groups in total. The van der Waals surface area contributed by atoms with Gasteiger partial charge in [0.25, 0.3) is 5.56 Å². The molecule has 6 nitrogen and oxygen atoms in total. The summed E-state index contributed by atoms with van der Waals surface area (Å²) in [5, 5.41) is 0. The first kappa shape index (κ1) is 18.1. The maximum Gasteiger partial charge on any atom is 0.251 e. The van der Waals surface area contributed by atoms with E-state index in [0.29, 0.717) is 17.7 Å². The van der Waals surface area contributed by atoms with Crippen LogP contribution in [0.2, 0.25) is 0 Å². The number of hydrogen-bond acceptors (Lipinski definition) is 5. The van der Waals surface area contributed by atoms with E-state index in [4.69, 9.17) is 4.74 Å². The molecule has 148 valence electrons. The van der Waals surface area contributed by atoms with E-state index in [2.05, 4.69) is 27.0 Å². The highest BCUT2D eigenvalue weighted by atomic mass is 16.5. The fourth-order valence-corrected chi connectivity index (χ4v) is 4.84. The molecule has 5 heterocycles. The number of piperidine rings is 1. The monoisotopic (exact) mass is 388 g/mol. The van der Waals surface area contributed by atoms with Gasteiger partial charge >= 0.3 is 0 Å². The molecule has 0 saturated carbocycles. The zero-order valence-corrected chi connectivity index (χ0v) is 16.5. The van der Waals surface area contributed by atoms with Crippen LogP contribution in [0.1, 0.15) is 23.6 Å². The van der Waals surface area contributed by atoms with Crippen molar-refractivity contribution in [3.05, 3.63) is 76.5 Å². The van der Waals surface area contributed by atoms with Crippen molar-refractivity contribution in [3.8, 4) is 17.1 Å². The Balaban J connectivity index is 1.45. The molecule has 3 aromatic heterocycles. The molecule has 0 aliphatic carbocycles. The van der Waals surface area contributed by atoms with Crippen molar-refractivity contribution in [2.75, 3.05) is 20.2 Å². The van der Waals surface area contributed by atoms with Crippen LogP contribution in [0.5, 0.6) is 5.88 Å². The number of fused-ring (bicyclic) bond motifs is 4. The van der Waals surface area contributed by atoms with Crippen LogP contribution in [0.4, 0.5) is 0 Å². The number of ether oxygens (including phenoxy) is 1. The summed E-state index contributed by atoms with van der Waals surface area (Å²) in [7, 11) is 1.67. The maximum absolute atomic E-state index is 12.8. The molecule has 1 saturated heterocycles. The van der Waals surface area contributed by atoms with E-state index in [1.54, 1.807) is 25.6 Å². The maximum atomic E-state index is 12.8. The third-order valence-electron chi connectivity index (χ3n) is 6.03. The highest BCUT2D eigenvalue weighted by molar-refractivity contribution is 5.59. The van der Waals surface area contributed by atoms with Crippen molar-refractivity contribution in [1.82, 2.24) is 19.4 Å². The van der Waals surface area contributed by atoms with Gasteiger partial charge in [0.15, 0.2) is 0 Å². The average molecular weight is 388 g/mol. The number of hydrogen-bond donors (Lipinski definition) is 0. The van der Waals surface area contributed by atoms with E-state index in [-0.39, 0.29) is 5.56 Å². The van der Waals surface area contributed by atoms with E-state index in [1.807, 2.05) is 28.8 Å². The molecule has 2 aliphatic rings. The summed E-state index contributed by atoms with van der Waals surface area (Å²) in [6.45, 7) is 3.52. The molecule has 0 spiro atoms. The van der Waals surface area contributed by atoms with Gasteiger partial charge in [-0.3, -0.25) is 14.7 Å². The Morgan fingerprint density at radius 1 is 1.07 bits per heavy atom. The quantitative estimate of drug-likeness (QED) is 0.688. The van der Waals surface area contributed by atoms with E-state index in [9.17, 15) is 4.79 Å². The van der Waals surface area contributed by atoms with Crippen LogP contribution in [-0.2, 0) is 13.1 Å². The van der Waals surface area contributed by atoms with Crippen LogP contribution in [0.3, 0.4) is 0 Å². The molecule has 1 fully saturated rings. The second-order valence-electron chi connectivity index (χ2n) is 8.00. The molecule has 6 heteroatoms.